The molecule has 0 bridgehead atoms. The van der Waals surface area contributed by atoms with E-state index in [-0.39, 0.29) is 5.56 Å². The standard InChI is InChI=1S/C12H8IN3O/c13-9-3-1-2-8(4-9)10-6-16-7-14-5-11(16)12(17)15-10/h1-7H,(H,15,17). The van der Waals surface area contributed by atoms with Gasteiger partial charge in [0, 0.05) is 15.3 Å². The number of H-pyrrole nitrogens is 1. The highest BCUT2D eigenvalue weighted by atomic mass is 127. The molecule has 0 fully saturated rings. The van der Waals surface area contributed by atoms with E-state index in [4.69, 9.17) is 0 Å². The molecule has 2 heterocycles. The molecule has 0 aliphatic rings. The fourth-order valence-corrected chi connectivity index (χ4v) is 2.29. The summed E-state index contributed by atoms with van der Waals surface area (Å²) in [6.07, 6.45) is 5.05. The molecule has 0 saturated heterocycles. The van der Waals surface area contributed by atoms with Crippen LogP contribution in [-0.2, 0) is 0 Å². The highest BCUT2D eigenvalue weighted by Crippen LogP contribution is 2.18. The van der Waals surface area contributed by atoms with Crippen molar-refractivity contribution in [1.82, 2.24) is 14.4 Å². The maximum absolute atomic E-state index is 11.8. The molecule has 0 saturated carbocycles. The van der Waals surface area contributed by atoms with Gasteiger partial charge in [0.2, 0.25) is 0 Å². The van der Waals surface area contributed by atoms with Gasteiger partial charge in [0.25, 0.3) is 5.56 Å². The molecule has 0 spiro atoms. The predicted octanol–water partition coefficient (Wildman–Crippen LogP) is 2.29. The van der Waals surface area contributed by atoms with Crippen molar-refractivity contribution >= 4 is 28.1 Å². The number of hydrogen-bond donors (Lipinski definition) is 1. The van der Waals surface area contributed by atoms with Gasteiger partial charge in [-0.1, -0.05) is 12.1 Å². The Labute approximate surface area is 110 Å². The zero-order valence-electron chi connectivity index (χ0n) is 8.72. The quantitative estimate of drug-likeness (QED) is 0.693. The molecule has 0 aliphatic heterocycles. The molecular weight excluding hydrogens is 329 g/mol. The Bertz CT molecular complexity index is 745. The summed E-state index contributed by atoms with van der Waals surface area (Å²) in [7, 11) is 0. The number of nitrogens with zero attached hydrogens (tertiary/aromatic N) is 2. The smallest absolute Gasteiger partial charge is 0.274 e. The molecule has 2 aromatic heterocycles. The molecule has 0 unspecified atom stereocenters. The van der Waals surface area contributed by atoms with Crippen LogP contribution in [0.1, 0.15) is 0 Å². The molecule has 17 heavy (non-hydrogen) atoms. The van der Waals surface area contributed by atoms with Crippen LogP contribution in [0.5, 0.6) is 0 Å². The first-order valence-electron chi connectivity index (χ1n) is 5.05. The number of rotatable bonds is 1. The fraction of sp³-hybridized carbons (Fsp3) is 0. The molecule has 84 valence electrons. The third kappa shape index (κ3) is 1.86. The van der Waals surface area contributed by atoms with E-state index in [0.717, 1.165) is 14.8 Å². The lowest BCUT2D eigenvalue weighted by Gasteiger charge is -2.03. The molecule has 1 aromatic carbocycles. The largest absolute Gasteiger partial charge is 0.319 e. The average Bonchev–Trinajstić information content (AvgIpc) is 2.77. The van der Waals surface area contributed by atoms with Gasteiger partial charge in [-0.05, 0) is 34.7 Å². The van der Waals surface area contributed by atoms with Gasteiger partial charge < -0.3 is 4.98 Å². The Morgan fingerprint density at radius 3 is 3.06 bits per heavy atom. The van der Waals surface area contributed by atoms with Gasteiger partial charge in [0.05, 0.1) is 18.2 Å². The monoisotopic (exact) mass is 337 g/mol. The van der Waals surface area contributed by atoms with Gasteiger partial charge in [0.15, 0.2) is 0 Å². The van der Waals surface area contributed by atoms with Crippen molar-refractivity contribution in [3.05, 3.63) is 56.9 Å². The first-order valence-corrected chi connectivity index (χ1v) is 6.13. The second kappa shape index (κ2) is 3.99. The molecule has 0 amide bonds. The number of aromatic nitrogens is 3. The highest BCUT2D eigenvalue weighted by molar-refractivity contribution is 14.1. The van der Waals surface area contributed by atoms with Crippen LogP contribution in [-0.4, -0.2) is 14.4 Å². The lowest BCUT2D eigenvalue weighted by atomic mass is 10.2. The van der Waals surface area contributed by atoms with Crippen LogP contribution in [0.4, 0.5) is 0 Å². The van der Waals surface area contributed by atoms with Crippen molar-refractivity contribution in [3.63, 3.8) is 0 Å². The number of hydrogen-bond acceptors (Lipinski definition) is 2. The minimum Gasteiger partial charge on any atom is -0.319 e. The number of halogens is 1. The van der Waals surface area contributed by atoms with E-state index in [1.54, 1.807) is 16.9 Å². The van der Waals surface area contributed by atoms with Gasteiger partial charge in [-0.2, -0.15) is 0 Å². The number of nitrogens with one attached hydrogen (secondary N) is 1. The van der Waals surface area contributed by atoms with Crippen LogP contribution in [0.2, 0.25) is 0 Å². The first kappa shape index (κ1) is 10.5. The molecule has 5 heteroatoms. The number of fused-ring (bicyclic) bond motifs is 1. The third-order valence-electron chi connectivity index (χ3n) is 2.55. The van der Waals surface area contributed by atoms with E-state index >= 15 is 0 Å². The maximum atomic E-state index is 11.8. The van der Waals surface area contributed by atoms with Gasteiger partial charge in [0.1, 0.15) is 5.52 Å². The van der Waals surface area contributed by atoms with Crippen LogP contribution in [0.25, 0.3) is 16.8 Å². The molecule has 0 radical (unpaired) electrons. The first-order chi connectivity index (χ1) is 8.24. The predicted molar refractivity (Wildman–Crippen MR) is 74.0 cm³/mol. The average molecular weight is 337 g/mol. The lowest BCUT2D eigenvalue weighted by Crippen LogP contribution is -2.09. The Balaban J connectivity index is 2.27. The fourth-order valence-electron chi connectivity index (χ4n) is 1.74. The molecule has 4 nitrogen and oxygen atoms in total. The van der Waals surface area contributed by atoms with Gasteiger partial charge >= 0.3 is 0 Å². The molecule has 3 aromatic rings. The number of imidazole rings is 1. The molecule has 1 N–H and O–H groups in total. The third-order valence-corrected chi connectivity index (χ3v) is 3.22. The SMILES string of the molecule is O=c1[nH]c(-c2cccc(I)c2)cn2cncc12. The molecular formula is C12H8IN3O. The summed E-state index contributed by atoms with van der Waals surface area (Å²) in [5.74, 6) is 0. The van der Waals surface area contributed by atoms with Crippen LogP contribution in [0.3, 0.4) is 0 Å². The summed E-state index contributed by atoms with van der Waals surface area (Å²) >= 11 is 2.25. The number of aromatic amines is 1. The molecule has 0 atom stereocenters. The molecule has 3 rings (SSSR count). The summed E-state index contributed by atoms with van der Waals surface area (Å²) in [5.41, 5.74) is 2.21. The Hall–Kier alpha value is -1.63. The van der Waals surface area contributed by atoms with Crippen molar-refractivity contribution < 1.29 is 0 Å². The second-order valence-electron chi connectivity index (χ2n) is 3.69. The zero-order chi connectivity index (χ0) is 11.8. The summed E-state index contributed by atoms with van der Waals surface area (Å²) in [4.78, 5) is 18.6. The van der Waals surface area contributed by atoms with E-state index in [9.17, 15) is 4.79 Å². The van der Waals surface area contributed by atoms with Crippen LogP contribution in [0, 0.1) is 3.57 Å². The summed E-state index contributed by atoms with van der Waals surface area (Å²) in [6, 6.07) is 7.97. The van der Waals surface area contributed by atoms with Crippen LogP contribution < -0.4 is 5.56 Å². The summed E-state index contributed by atoms with van der Waals surface area (Å²) < 4.78 is 2.86. The summed E-state index contributed by atoms with van der Waals surface area (Å²) in [5, 5.41) is 0. The Morgan fingerprint density at radius 1 is 1.35 bits per heavy atom. The molecule has 0 aliphatic carbocycles. The van der Waals surface area contributed by atoms with E-state index in [1.807, 2.05) is 30.5 Å². The van der Waals surface area contributed by atoms with Gasteiger partial charge in [-0.15, -0.1) is 0 Å². The van der Waals surface area contributed by atoms with E-state index in [0.29, 0.717) is 5.52 Å². The minimum atomic E-state index is -0.126. The Morgan fingerprint density at radius 2 is 2.24 bits per heavy atom. The topological polar surface area (TPSA) is 50.2 Å². The van der Waals surface area contributed by atoms with E-state index in [1.165, 1.54) is 0 Å². The highest BCUT2D eigenvalue weighted by Gasteiger charge is 2.04. The maximum Gasteiger partial charge on any atom is 0.274 e. The lowest BCUT2D eigenvalue weighted by molar-refractivity contribution is 1.09. The normalized spacial score (nSPS) is 10.9. The van der Waals surface area contributed by atoms with Crippen molar-refractivity contribution in [1.29, 1.82) is 0 Å². The zero-order valence-corrected chi connectivity index (χ0v) is 10.9. The second-order valence-corrected chi connectivity index (χ2v) is 4.94. The Kier molecular flexibility index (Phi) is 2.47. The minimum absolute atomic E-state index is 0.126. The van der Waals surface area contributed by atoms with Crippen molar-refractivity contribution in [2.24, 2.45) is 0 Å². The van der Waals surface area contributed by atoms with Crippen molar-refractivity contribution in [2.75, 3.05) is 0 Å². The van der Waals surface area contributed by atoms with E-state index in [2.05, 4.69) is 32.6 Å². The van der Waals surface area contributed by atoms with Crippen LogP contribution in [0.15, 0.2) is 47.8 Å². The van der Waals surface area contributed by atoms with Gasteiger partial charge in [-0.25, -0.2) is 4.98 Å². The van der Waals surface area contributed by atoms with Gasteiger partial charge in [-0.3, -0.25) is 9.20 Å². The summed E-state index contributed by atoms with van der Waals surface area (Å²) in [6.45, 7) is 0. The van der Waals surface area contributed by atoms with Crippen LogP contribution >= 0.6 is 22.6 Å². The van der Waals surface area contributed by atoms with Crippen molar-refractivity contribution in [3.8, 4) is 11.3 Å². The van der Waals surface area contributed by atoms with E-state index < -0.39 is 0 Å². The van der Waals surface area contributed by atoms with Crippen molar-refractivity contribution in [2.45, 2.75) is 0 Å². The number of benzene rings is 1.